The number of aryl methyl sites for hydroxylation is 2. The number of amides is 1. The molecule has 0 unspecified atom stereocenters. The summed E-state index contributed by atoms with van der Waals surface area (Å²) in [6.45, 7) is 4.22. The van der Waals surface area contributed by atoms with E-state index < -0.39 is 0 Å². The smallest absolute Gasteiger partial charge is 0.269 e. The van der Waals surface area contributed by atoms with Gasteiger partial charge in [0.2, 0.25) is 5.88 Å². The van der Waals surface area contributed by atoms with E-state index in [2.05, 4.69) is 17.4 Å². The average molecular weight is 361 g/mol. The van der Waals surface area contributed by atoms with Crippen LogP contribution >= 0.6 is 22.9 Å². The van der Waals surface area contributed by atoms with Gasteiger partial charge < -0.3 is 4.52 Å². The Morgan fingerprint density at radius 3 is 3.12 bits per heavy atom. The van der Waals surface area contributed by atoms with E-state index in [1.165, 1.54) is 11.3 Å². The lowest BCUT2D eigenvalue weighted by Crippen LogP contribution is -2.15. The normalized spacial score (nSPS) is 17.0. The number of hydrogen-bond acceptors (Lipinski definition) is 4. The van der Waals surface area contributed by atoms with E-state index in [0.29, 0.717) is 21.7 Å². The van der Waals surface area contributed by atoms with E-state index in [-0.39, 0.29) is 5.91 Å². The number of carbonyl (C=O) groups is 1. The molecule has 1 amide bonds. The summed E-state index contributed by atoms with van der Waals surface area (Å²) in [5.74, 6) is 0.797. The summed E-state index contributed by atoms with van der Waals surface area (Å²) in [6, 6.07) is 6.00. The maximum absolute atomic E-state index is 12.7. The number of benzene rings is 1. The Morgan fingerprint density at radius 2 is 2.29 bits per heavy atom. The molecule has 1 aromatic carbocycles. The lowest BCUT2D eigenvalue weighted by Gasteiger charge is -2.16. The van der Waals surface area contributed by atoms with Crippen LogP contribution in [-0.2, 0) is 12.8 Å². The number of hydrogen-bond donors (Lipinski definition) is 1. The van der Waals surface area contributed by atoms with Gasteiger partial charge in [-0.05, 0) is 43.7 Å². The van der Waals surface area contributed by atoms with Crippen LogP contribution in [0.4, 0.5) is 5.88 Å². The highest BCUT2D eigenvalue weighted by molar-refractivity contribution is 7.21. The molecule has 6 heteroatoms. The van der Waals surface area contributed by atoms with Crippen LogP contribution in [0.5, 0.6) is 0 Å². The van der Waals surface area contributed by atoms with Gasteiger partial charge in [-0.3, -0.25) is 10.1 Å². The molecule has 0 fully saturated rings. The quantitative estimate of drug-likeness (QED) is 0.680. The third kappa shape index (κ3) is 2.62. The molecule has 4 rings (SSSR count). The lowest BCUT2D eigenvalue weighted by atomic mass is 9.89. The molecule has 0 spiro atoms. The number of fused-ring (bicyclic) bond motifs is 2. The number of rotatable bonds is 2. The van der Waals surface area contributed by atoms with Gasteiger partial charge in [-0.1, -0.05) is 35.8 Å². The number of carbonyl (C=O) groups excluding carboxylic acids is 1. The summed E-state index contributed by atoms with van der Waals surface area (Å²) in [5, 5.41) is 8.36. The Morgan fingerprint density at radius 1 is 1.46 bits per heavy atom. The molecule has 2 aromatic heterocycles. The van der Waals surface area contributed by atoms with E-state index in [4.69, 9.17) is 16.1 Å². The van der Waals surface area contributed by atoms with E-state index in [9.17, 15) is 4.79 Å². The second-order valence-electron chi connectivity index (χ2n) is 6.48. The van der Waals surface area contributed by atoms with Crippen LogP contribution in [0.25, 0.3) is 10.1 Å². The van der Waals surface area contributed by atoms with Crippen molar-refractivity contribution in [1.82, 2.24) is 5.16 Å². The van der Waals surface area contributed by atoms with Crippen molar-refractivity contribution in [3.63, 3.8) is 0 Å². The molecule has 24 heavy (non-hydrogen) atoms. The number of nitrogens with zero attached hydrogens (tertiary/aromatic N) is 1. The summed E-state index contributed by atoms with van der Waals surface area (Å²) in [5.41, 5.74) is 3.13. The fourth-order valence-corrected chi connectivity index (χ4v) is 4.67. The van der Waals surface area contributed by atoms with Gasteiger partial charge in [0.05, 0.1) is 10.7 Å². The lowest BCUT2D eigenvalue weighted by molar-refractivity contribution is 0.102. The molecule has 0 saturated carbocycles. The van der Waals surface area contributed by atoms with Crippen molar-refractivity contribution >= 4 is 44.8 Å². The standard InChI is InChI=1S/C18H17ClN2O2S/c1-9-4-6-13-12(7-9)18(23-21-13)20-17(22)16-15(19)11-5-3-10(2)8-14(11)24-16/h3,5,8-9H,4,6-7H2,1-2H3,(H,20,22)/t9-/m1/s1. The number of anilines is 1. The van der Waals surface area contributed by atoms with Crippen molar-refractivity contribution < 1.29 is 9.32 Å². The molecule has 1 aliphatic rings. The zero-order chi connectivity index (χ0) is 16.8. The van der Waals surface area contributed by atoms with Crippen molar-refractivity contribution in [1.29, 1.82) is 0 Å². The third-order valence-corrected chi connectivity index (χ3v) is 6.17. The Balaban J connectivity index is 1.66. The summed E-state index contributed by atoms with van der Waals surface area (Å²) in [7, 11) is 0. The molecule has 1 aliphatic carbocycles. The summed E-state index contributed by atoms with van der Waals surface area (Å²) >= 11 is 7.81. The van der Waals surface area contributed by atoms with E-state index >= 15 is 0 Å². The molecule has 4 nitrogen and oxygen atoms in total. The summed E-state index contributed by atoms with van der Waals surface area (Å²) in [6.07, 6.45) is 2.89. The van der Waals surface area contributed by atoms with Crippen molar-refractivity contribution in [2.24, 2.45) is 5.92 Å². The maximum Gasteiger partial charge on any atom is 0.269 e. The SMILES string of the molecule is Cc1ccc2c(Cl)c(C(=O)Nc3onc4c3C[C@H](C)CC4)sc2c1. The Labute approximate surface area is 148 Å². The first-order valence-corrected chi connectivity index (χ1v) is 9.20. The van der Waals surface area contributed by atoms with Crippen LogP contribution in [-0.4, -0.2) is 11.1 Å². The zero-order valence-corrected chi connectivity index (χ0v) is 15.1. The molecule has 0 bridgehead atoms. The first kappa shape index (κ1) is 15.7. The third-order valence-electron chi connectivity index (χ3n) is 4.51. The van der Waals surface area contributed by atoms with Crippen molar-refractivity contribution in [2.75, 3.05) is 5.32 Å². The van der Waals surface area contributed by atoms with Crippen LogP contribution in [0, 0.1) is 12.8 Å². The number of nitrogens with one attached hydrogen (secondary N) is 1. The van der Waals surface area contributed by atoms with Gasteiger partial charge in [0.15, 0.2) is 0 Å². The zero-order valence-electron chi connectivity index (χ0n) is 13.5. The van der Waals surface area contributed by atoms with Gasteiger partial charge >= 0.3 is 0 Å². The van der Waals surface area contributed by atoms with E-state index in [1.54, 1.807) is 0 Å². The highest BCUT2D eigenvalue weighted by atomic mass is 35.5. The van der Waals surface area contributed by atoms with Gasteiger partial charge in [0, 0.05) is 15.6 Å². The molecule has 1 N–H and O–H groups in total. The molecule has 124 valence electrons. The van der Waals surface area contributed by atoms with Crippen molar-refractivity contribution in [2.45, 2.75) is 33.1 Å². The molecule has 2 heterocycles. The fourth-order valence-electron chi connectivity index (χ4n) is 3.16. The molecule has 1 atom stereocenters. The number of thiophene rings is 1. The maximum atomic E-state index is 12.7. The molecule has 0 saturated heterocycles. The van der Waals surface area contributed by atoms with E-state index in [0.717, 1.165) is 46.2 Å². The van der Waals surface area contributed by atoms with Crippen LogP contribution in [0.1, 0.15) is 39.8 Å². The van der Waals surface area contributed by atoms with Gasteiger partial charge in [0.25, 0.3) is 5.91 Å². The molecule has 0 radical (unpaired) electrons. The second-order valence-corrected chi connectivity index (χ2v) is 7.91. The van der Waals surface area contributed by atoms with E-state index in [1.807, 2.05) is 25.1 Å². The topological polar surface area (TPSA) is 55.1 Å². The monoisotopic (exact) mass is 360 g/mol. The molecule has 3 aromatic rings. The van der Waals surface area contributed by atoms with Gasteiger partial charge in [-0.25, -0.2) is 0 Å². The first-order valence-electron chi connectivity index (χ1n) is 8.00. The first-order chi connectivity index (χ1) is 11.5. The predicted octanol–water partition coefficient (Wildman–Crippen LogP) is 5.23. The second kappa shape index (κ2) is 5.90. The van der Waals surface area contributed by atoms with Gasteiger partial charge in [-0.2, -0.15) is 0 Å². The van der Waals surface area contributed by atoms with Crippen molar-refractivity contribution in [3.05, 3.63) is 44.9 Å². The minimum absolute atomic E-state index is 0.240. The number of halogens is 1. The van der Waals surface area contributed by atoms with Crippen LogP contribution < -0.4 is 5.32 Å². The van der Waals surface area contributed by atoms with Gasteiger partial charge in [0.1, 0.15) is 4.88 Å². The van der Waals surface area contributed by atoms with Crippen LogP contribution in [0.3, 0.4) is 0 Å². The summed E-state index contributed by atoms with van der Waals surface area (Å²) < 4.78 is 6.38. The fraction of sp³-hybridized carbons (Fsp3) is 0.333. The van der Waals surface area contributed by atoms with Crippen LogP contribution in [0.15, 0.2) is 22.7 Å². The minimum atomic E-state index is -0.240. The predicted molar refractivity (Wildman–Crippen MR) is 97.2 cm³/mol. The Bertz CT molecular complexity index is 944. The van der Waals surface area contributed by atoms with Crippen molar-refractivity contribution in [3.8, 4) is 0 Å². The number of aromatic nitrogens is 1. The molecule has 0 aliphatic heterocycles. The molecular weight excluding hydrogens is 344 g/mol. The highest BCUT2D eigenvalue weighted by Gasteiger charge is 2.26. The Hall–Kier alpha value is -1.85. The average Bonchev–Trinajstić information content (AvgIpc) is 3.08. The molecular formula is C18H17ClN2O2S. The summed E-state index contributed by atoms with van der Waals surface area (Å²) in [4.78, 5) is 13.2. The van der Waals surface area contributed by atoms with Crippen LogP contribution in [0.2, 0.25) is 5.02 Å². The minimum Gasteiger partial charge on any atom is -0.338 e. The largest absolute Gasteiger partial charge is 0.338 e. The highest BCUT2D eigenvalue weighted by Crippen LogP contribution is 2.37. The van der Waals surface area contributed by atoms with Gasteiger partial charge in [-0.15, -0.1) is 11.3 Å². The Kier molecular flexibility index (Phi) is 3.85.